The van der Waals surface area contributed by atoms with E-state index in [4.69, 9.17) is 5.73 Å². The SMILES string of the molecule is C=C(C)[C@@H]1CC[C@]2(CO)CC[C@]3(C)[C@H](CC[C@@H]4[C@@]5(C)CCC(N)[C@](C)(CO)[C@@H]5CC[C@]43C)[C@@H]12. The third kappa shape index (κ3) is 2.85. The van der Waals surface area contributed by atoms with Gasteiger partial charge in [0, 0.05) is 18.1 Å². The Morgan fingerprint density at radius 1 is 0.818 bits per heavy atom. The summed E-state index contributed by atoms with van der Waals surface area (Å²) in [7, 11) is 0. The molecular formula is C30H51NO2. The highest BCUT2D eigenvalue weighted by Crippen LogP contribution is 2.77. The number of hydrogen-bond acceptors (Lipinski definition) is 3. The maximum Gasteiger partial charge on any atom is 0.0502 e. The van der Waals surface area contributed by atoms with E-state index in [2.05, 4.69) is 41.2 Å². The Hall–Kier alpha value is -0.380. The number of nitrogens with two attached hydrogens (primary N) is 1. The van der Waals surface area contributed by atoms with Crippen molar-refractivity contribution in [3.63, 3.8) is 0 Å². The van der Waals surface area contributed by atoms with Gasteiger partial charge in [-0.3, -0.25) is 0 Å². The molecule has 0 radical (unpaired) electrons. The van der Waals surface area contributed by atoms with Crippen LogP contribution in [0, 0.1) is 56.7 Å². The Bertz CT molecular complexity index is 811. The number of hydrogen-bond donors (Lipinski definition) is 3. The Kier molecular flexibility index (Phi) is 5.57. The third-order valence-corrected chi connectivity index (χ3v) is 13.8. The Morgan fingerprint density at radius 3 is 2.18 bits per heavy atom. The summed E-state index contributed by atoms with van der Waals surface area (Å²) in [5, 5.41) is 21.2. The molecule has 5 aliphatic carbocycles. The molecule has 3 heteroatoms. The predicted octanol–water partition coefficient (Wildman–Crippen LogP) is 5.94. The molecule has 5 fully saturated rings. The fourth-order valence-corrected chi connectivity index (χ4v) is 11.6. The molecule has 11 atom stereocenters. The first kappa shape index (κ1) is 24.3. The van der Waals surface area contributed by atoms with Crippen LogP contribution in [0.1, 0.15) is 98.8 Å². The summed E-state index contributed by atoms with van der Waals surface area (Å²) in [6, 6.07) is 0.117. The molecule has 0 bridgehead atoms. The molecule has 1 unspecified atom stereocenters. The molecule has 188 valence electrons. The lowest BCUT2D eigenvalue weighted by Crippen LogP contribution is -2.68. The maximum absolute atomic E-state index is 10.7. The molecule has 0 aromatic heterocycles. The van der Waals surface area contributed by atoms with E-state index in [1.807, 2.05) is 0 Å². The predicted molar refractivity (Wildman–Crippen MR) is 135 cm³/mol. The quantitative estimate of drug-likeness (QED) is 0.460. The first-order valence-electron chi connectivity index (χ1n) is 14.1. The standard InChI is InChI=1S/C30H51NO2/c1-19(2)20-9-14-30(18-33)16-15-28(5)21(25(20)30)7-8-23-26(3)12-11-24(31)27(4,17-32)22(26)10-13-29(23,28)6/h20-25,32-33H,1,7-18,31H2,2-6H3/t20-,21+,22+,23+,24?,25+,26-,27+,28+,29+,30+/m0/s1. The second-order valence-electron chi connectivity index (χ2n) is 14.5. The van der Waals surface area contributed by atoms with E-state index in [1.165, 1.54) is 63.4 Å². The summed E-state index contributed by atoms with van der Waals surface area (Å²) >= 11 is 0. The van der Waals surface area contributed by atoms with Crippen LogP contribution in [-0.2, 0) is 0 Å². The van der Waals surface area contributed by atoms with Gasteiger partial charge in [0.1, 0.15) is 0 Å². The lowest BCUT2D eigenvalue weighted by atomic mass is 9.32. The minimum Gasteiger partial charge on any atom is -0.396 e. The molecule has 0 heterocycles. The zero-order chi connectivity index (χ0) is 24.0. The Labute approximate surface area is 203 Å². The smallest absolute Gasteiger partial charge is 0.0502 e. The van der Waals surface area contributed by atoms with Crippen molar-refractivity contribution in [1.29, 1.82) is 0 Å². The van der Waals surface area contributed by atoms with Gasteiger partial charge in [0.05, 0.1) is 6.61 Å². The Balaban J connectivity index is 1.55. The van der Waals surface area contributed by atoms with Crippen molar-refractivity contribution in [2.45, 2.75) is 105 Å². The van der Waals surface area contributed by atoms with Gasteiger partial charge in [0.15, 0.2) is 0 Å². The van der Waals surface area contributed by atoms with Crippen molar-refractivity contribution in [3.8, 4) is 0 Å². The number of aliphatic hydroxyl groups is 2. The average molecular weight is 458 g/mol. The van der Waals surface area contributed by atoms with E-state index in [9.17, 15) is 10.2 Å². The highest BCUT2D eigenvalue weighted by Gasteiger charge is 2.70. The van der Waals surface area contributed by atoms with Gasteiger partial charge in [-0.2, -0.15) is 0 Å². The molecule has 0 aromatic carbocycles. The van der Waals surface area contributed by atoms with Crippen LogP contribution < -0.4 is 5.73 Å². The van der Waals surface area contributed by atoms with E-state index in [0.29, 0.717) is 47.0 Å². The fourth-order valence-electron chi connectivity index (χ4n) is 11.6. The van der Waals surface area contributed by atoms with Gasteiger partial charge in [-0.1, -0.05) is 39.8 Å². The van der Waals surface area contributed by atoms with Crippen molar-refractivity contribution in [2.75, 3.05) is 13.2 Å². The van der Waals surface area contributed by atoms with Gasteiger partial charge in [0.25, 0.3) is 0 Å². The van der Waals surface area contributed by atoms with Crippen LogP contribution in [-0.4, -0.2) is 29.5 Å². The normalized spacial score (nSPS) is 58.1. The number of aliphatic hydroxyl groups excluding tert-OH is 2. The summed E-state index contributed by atoms with van der Waals surface area (Å²) in [4.78, 5) is 0. The molecular weight excluding hydrogens is 406 g/mol. The monoisotopic (exact) mass is 457 g/mol. The van der Waals surface area contributed by atoms with E-state index in [0.717, 1.165) is 6.42 Å². The second-order valence-corrected chi connectivity index (χ2v) is 14.5. The molecule has 5 aliphatic rings. The summed E-state index contributed by atoms with van der Waals surface area (Å²) < 4.78 is 0. The van der Waals surface area contributed by atoms with Gasteiger partial charge in [-0.15, -0.1) is 0 Å². The Morgan fingerprint density at radius 2 is 1.55 bits per heavy atom. The van der Waals surface area contributed by atoms with Crippen molar-refractivity contribution >= 4 is 0 Å². The molecule has 5 saturated carbocycles. The molecule has 0 spiro atoms. The van der Waals surface area contributed by atoms with E-state index < -0.39 is 0 Å². The number of fused-ring (bicyclic) bond motifs is 7. The zero-order valence-electron chi connectivity index (χ0n) is 22.1. The van der Waals surface area contributed by atoms with Gasteiger partial charge in [-0.25, -0.2) is 0 Å². The van der Waals surface area contributed by atoms with Crippen LogP contribution in [0.5, 0.6) is 0 Å². The minimum absolute atomic E-state index is 0.117. The highest BCUT2D eigenvalue weighted by atomic mass is 16.3. The van der Waals surface area contributed by atoms with E-state index in [-0.39, 0.29) is 28.9 Å². The maximum atomic E-state index is 10.7. The average Bonchev–Trinajstić information content (AvgIpc) is 3.17. The van der Waals surface area contributed by atoms with Gasteiger partial charge in [0.2, 0.25) is 0 Å². The number of allylic oxidation sites excluding steroid dienone is 1. The largest absolute Gasteiger partial charge is 0.396 e. The molecule has 0 amide bonds. The first-order valence-corrected chi connectivity index (χ1v) is 14.1. The summed E-state index contributed by atoms with van der Waals surface area (Å²) in [6.07, 6.45) is 12.2. The van der Waals surface area contributed by atoms with Crippen molar-refractivity contribution in [1.82, 2.24) is 0 Å². The summed E-state index contributed by atoms with van der Waals surface area (Å²) in [5.41, 5.74) is 8.90. The lowest BCUT2D eigenvalue weighted by molar-refractivity contribution is -0.244. The van der Waals surface area contributed by atoms with Crippen LogP contribution in [0.3, 0.4) is 0 Å². The molecule has 3 nitrogen and oxygen atoms in total. The van der Waals surface area contributed by atoms with E-state index in [1.54, 1.807) is 0 Å². The molecule has 4 N–H and O–H groups in total. The van der Waals surface area contributed by atoms with Gasteiger partial charge in [-0.05, 0) is 122 Å². The van der Waals surface area contributed by atoms with Crippen LogP contribution in [0.2, 0.25) is 0 Å². The van der Waals surface area contributed by atoms with E-state index >= 15 is 0 Å². The number of rotatable bonds is 3. The van der Waals surface area contributed by atoms with Crippen LogP contribution >= 0.6 is 0 Å². The topological polar surface area (TPSA) is 66.5 Å². The molecule has 0 aromatic rings. The molecule has 0 saturated heterocycles. The third-order valence-electron chi connectivity index (χ3n) is 13.8. The van der Waals surface area contributed by atoms with Crippen molar-refractivity contribution in [2.24, 2.45) is 62.4 Å². The fraction of sp³-hybridized carbons (Fsp3) is 0.933. The molecule has 33 heavy (non-hydrogen) atoms. The summed E-state index contributed by atoms with van der Waals surface area (Å²) in [5.74, 6) is 3.10. The van der Waals surface area contributed by atoms with Crippen LogP contribution in [0.4, 0.5) is 0 Å². The van der Waals surface area contributed by atoms with Crippen molar-refractivity contribution in [3.05, 3.63) is 12.2 Å². The lowest BCUT2D eigenvalue weighted by Gasteiger charge is -2.73. The van der Waals surface area contributed by atoms with Gasteiger partial charge < -0.3 is 15.9 Å². The molecule has 0 aliphatic heterocycles. The van der Waals surface area contributed by atoms with Crippen LogP contribution in [0.15, 0.2) is 12.2 Å². The molecule has 5 rings (SSSR count). The summed E-state index contributed by atoms with van der Waals surface area (Å²) in [6.45, 7) is 17.4. The van der Waals surface area contributed by atoms with Gasteiger partial charge >= 0.3 is 0 Å². The van der Waals surface area contributed by atoms with Crippen molar-refractivity contribution < 1.29 is 10.2 Å². The minimum atomic E-state index is -0.152. The first-order chi connectivity index (χ1) is 15.4. The zero-order valence-corrected chi connectivity index (χ0v) is 22.1. The second kappa shape index (κ2) is 7.56. The van der Waals surface area contributed by atoms with Crippen LogP contribution in [0.25, 0.3) is 0 Å². The highest BCUT2D eigenvalue weighted by molar-refractivity contribution is 5.21.